The number of nitrogens with zero attached hydrogens (tertiary/aromatic N) is 2. The lowest BCUT2D eigenvalue weighted by atomic mass is 9.85. The van der Waals surface area contributed by atoms with E-state index in [9.17, 15) is 14.9 Å². The number of likely N-dealkylation sites (tertiary alicyclic amines) is 1. The zero-order chi connectivity index (χ0) is 26.3. The van der Waals surface area contributed by atoms with E-state index < -0.39 is 18.0 Å². The van der Waals surface area contributed by atoms with E-state index in [0.29, 0.717) is 26.1 Å². The lowest BCUT2D eigenvalue weighted by Gasteiger charge is -2.38. The minimum Gasteiger partial charge on any atom is -0.422 e. The Labute approximate surface area is 220 Å². The van der Waals surface area contributed by atoms with Crippen molar-refractivity contribution in [1.29, 1.82) is 0 Å². The van der Waals surface area contributed by atoms with Gasteiger partial charge in [0.15, 0.2) is 0 Å². The Bertz CT molecular complexity index is 1410. The van der Waals surface area contributed by atoms with E-state index in [-0.39, 0.29) is 12.0 Å². The van der Waals surface area contributed by atoms with Gasteiger partial charge in [-0.15, -0.1) is 10.1 Å². The van der Waals surface area contributed by atoms with Crippen LogP contribution in [0.1, 0.15) is 23.5 Å². The van der Waals surface area contributed by atoms with Gasteiger partial charge in [-0.25, -0.2) is 4.79 Å². The van der Waals surface area contributed by atoms with Gasteiger partial charge in [0.2, 0.25) is 6.79 Å². The molecule has 0 bridgehead atoms. The van der Waals surface area contributed by atoms with Crippen molar-refractivity contribution in [2.45, 2.75) is 25.0 Å². The normalized spacial score (nSPS) is 17.2. The molecule has 1 amide bonds. The molecule has 1 fully saturated rings. The average Bonchev–Trinajstić information content (AvgIpc) is 2.96. The Morgan fingerprint density at radius 1 is 0.895 bits per heavy atom. The Morgan fingerprint density at radius 3 is 2.47 bits per heavy atom. The molecule has 0 radical (unpaired) electrons. The second kappa shape index (κ2) is 11.7. The van der Waals surface area contributed by atoms with Crippen LogP contribution in [0.25, 0.3) is 21.9 Å². The summed E-state index contributed by atoms with van der Waals surface area (Å²) in [4.78, 5) is 28.6. The molecule has 0 N–H and O–H groups in total. The molecule has 0 unspecified atom stereocenters. The summed E-state index contributed by atoms with van der Waals surface area (Å²) in [6.07, 6.45) is -0.306. The molecule has 1 saturated heterocycles. The highest BCUT2D eigenvalue weighted by Crippen LogP contribution is 2.34. The third kappa shape index (κ3) is 6.10. The first kappa shape index (κ1) is 25.2. The standard InChI is InChI=1S/C30H28N2O6/c33-30(37-21-38-32(34)35)31-16-15-28(27-12-6-11-26(18-27)23-7-2-1-3-8-23)29(19-31)36-20-22-13-14-24-9-4-5-10-25(24)17-22/h1-14,17-18,28-29H,15-16,19-21H2/t28-,29+/m1/s1. The van der Waals surface area contributed by atoms with E-state index in [1.54, 1.807) is 0 Å². The first-order valence-electron chi connectivity index (χ1n) is 12.5. The number of benzene rings is 4. The minimum absolute atomic E-state index is 0.0539. The lowest BCUT2D eigenvalue weighted by Crippen LogP contribution is -2.47. The highest BCUT2D eigenvalue weighted by Gasteiger charge is 2.34. The number of hydrogen-bond donors (Lipinski definition) is 0. The van der Waals surface area contributed by atoms with Crippen LogP contribution in [0.3, 0.4) is 0 Å². The molecule has 0 aromatic heterocycles. The van der Waals surface area contributed by atoms with E-state index in [0.717, 1.165) is 33.0 Å². The van der Waals surface area contributed by atoms with Crippen LogP contribution in [-0.2, 0) is 20.9 Å². The number of rotatable bonds is 8. The summed E-state index contributed by atoms with van der Waals surface area (Å²) in [7, 11) is 0. The fraction of sp³-hybridized carbons (Fsp3) is 0.233. The van der Waals surface area contributed by atoms with Gasteiger partial charge < -0.3 is 14.4 Å². The zero-order valence-corrected chi connectivity index (χ0v) is 20.8. The lowest BCUT2D eigenvalue weighted by molar-refractivity contribution is -0.765. The first-order chi connectivity index (χ1) is 18.6. The maximum atomic E-state index is 12.6. The summed E-state index contributed by atoms with van der Waals surface area (Å²) in [6, 6.07) is 33.0. The Hall–Kier alpha value is -4.43. The van der Waals surface area contributed by atoms with Gasteiger partial charge in [-0.2, -0.15) is 0 Å². The van der Waals surface area contributed by atoms with Crippen molar-refractivity contribution < 1.29 is 24.2 Å². The zero-order valence-electron chi connectivity index (χ0n) is 20.8. The van der Waals surface area contributed by atoms with E-state index in [1.807, 2.05) is 36.4 Å². The molecule has 2 atom stereocenters. The second-order valence-electron chi connectivity index (χ2n) is 9.24. The van der Waals surface area contributed by atoms with Crippen LogP contribution < -0.4 is 0 Å². The van der Waals surface area contributed by atoms with Crippen LogP contribution in [0.15, 0.2) is 97.1 Å². The number of fused-ring (bicyclic) bond motifs is 1. The quantitative estimate of drug-likeness (QED) is 0.159. The number of ether oxygens (including phenoxy) is 2. The SMILES string of the molecule is O=C(OCO[N+](=O)[O-])N1CC[C@H](c2cccc(-c3ccccc3)c2)[C@@H](OCc2ccc3ccccc3c2)C1. The fourth-order valence-corrected chi connectivity index (χ4v) is 4.95. The Kier molecular flexibility index (Phi) is 7.80. The molecule has 5 rings (SSSR count). The van der Waals surface area contributed by atoms with Gasteiger partial charge in [0.05, 0.1) is 19.3 Å². The second-order valence-corrected chi connectivity index (χ2v) is 9.24. The molecule has 8 nitrogen and oxygen atoms in total. The molecule has 0 spiro atoms. The molecule has 0 saturated carbocycles. The number of carbonyl (C=O) groups is 1. The first-order valence-corrected chi connectivity index (χ1v) is 12.5. The highest BCUT2D eigenvalue weighted by atomic mass is 17.0. The molecular weight excluding hydrogens is 484 g/mol. The van der Waals surface area contributed by atoms with Crippen molar-refractivity contribution in [3.63, 3.8) is 0 Å². The van der Waals surface area contributed by atoms with Crippen LogP contribution in [-0.4, -0.2) is 42.1 Å². The van der Waals surface area contributed by atoms with Gasteiger partial charge in [0.25, 0.3) is 5.09 Å². The summed E-state index contributed by atoms with van der Waals surface area (Å²) in [5, 5.41) is 11.7. The van der Waals surface area contributed by atoms with Gasteiger partial charge >= 0.3 is 6.09 Å². The summed E-state index contributed by atoms with van der Waals surface area (Å²) < 4.78 is 11.4. The molecule has 38 heavy (non-hydrogen) atoms. The third-order valence-electron chi connectivity index (χ3n) is 6.86. The number of piperidine rings is 1. The predicted molar refractivity (Wildman–Crippen MR) is 143 cm³/mol. The van der Waals surface area contributed by atoms with Crippen molar-refractivity contribution in [2.75, 3.05) is 19.9 Å². The molecule has 1 heterocycles. The van der Waals surface area contributed by atoms with E-state index in [4.69, 9.17) is 9.47 Å². The Morgan fingerprint density at radius 2 is 1.66 bits per heavy atom. The van der Waals surface area contributed by atoms with Gasteiger partial charge in [-0.05, 0) is 45.5 Å². The molecule has 4 aromatic rings. The molecule has 1 aliphatic rings. The van der Waals surface area contributed by atoms with Crippen LogP contribution >= 0.6 is 0 Å². The van der Waals surface area contributed by atoms with Crippen LogP contribution in [0, 0.1) is 10.1 Å². The predicted octanol–water partition coefficient (Wildman–Crippen LogP) is 6.18. The topological polar surface area (TPSA) is 91.1 Å². The molecule has 194 valence electrons. The van der Waals surface area contributed by atoms with E-state index in [1.165, 1.54) is 4.90 Å². The van der Waals surface area contributed by atoms with E-state index in [2.05, 4.69) is 65.5 Å². The average molecular weight is 513 g/mol. The van der Waals surface area contributed by atoms with Gasteiger partial charge in [-0.1, -0.05) is 91.0 Å². The molecule has 1 aliphatic heterocycles. The number of carbonyl (C=O) groups excluding carboxylic acids is 1. The monoisotopic (exact) mass is 512 g/mol. The minimum atomic E-state index is -0.991. The van der Waals surface area contributed by atoms with Crippen molar-refractivity contribution >= 4 is 16.9 Å². The van der Waals surface area contributed by atoms with Crippen molar-refractivity contribution in [1.82, 2.24) is 4.90 Å². The summed E-state index contributed by atoms with van der Waals surface area (Å²) in [5.41, 5.74) is 4.43. The maximum Gasteiger partial charge on any atom is 0.411 e. The van der Waals surface area contributed by atoms with Crippen LogP contribution in [0.4, 0.5) is 4.79 Å². The van der Waals surface area contributed by atoms with Crippen molar-refractivity contribution in [3.05, 3.63) is 118 Å². The molecular formula is C30H28N2O6. The maximum absolute atomic E-state index is 12.6. The summed E-state index contributed by atoms with van der Waals surface area (Å²) >= 11 is 0. The number of hydrogen-bond acceptors (Lipinski definition) is 6. The molecule has 4 aromatic carbocycles. The molecule has 8 heteroatoms. The summed E-state index contributed by atoms with van der Waals surface area (Å²) in [6.45, 7) is 0.379. The highest BCUT2D eigenvalue weighted by molar-refractivity contribution is 5.83. The van der Waals surface area contributed by atoms with Gasteiger partial charge in [-0.3, -0.25) is 4.84 Å². The van der Waals surface area contributed by atoms with Crippen molar-refractivity contribution in [3.8, 4) is 11.1 Å². The largest absolute Gasteiger partial charge is 0.422 e. The summed E-state index contributed by atoms with van der Waals surface area (Å²) in [5.74, 6) is 0.0539. The van der Waals surface area contributed by atoms with E-state index >= 15 is 0 Å². The van der Waals surface area contributed by atoms with Crippen LogP contribution in [0.2, 0.25) is 0 Å². The van der Waals surface area contributed by atoms with Crippen LogP contribution in [0.5, 0.6) is 0 Å². The fourth-order valence-electron chi connectivity index (χ4n) is 4.95. The van der Waals surface area contributed by atoms with Crippen molar-refractivity contribution in [2.24, 2.45) is 0 Å². The third-order valence-corrected chi connectivity index (χ3v) is 6.86. The molecule has 0 aliphatic carbocycles. The smallest absolute Gasteiger partial charge is 0.411 e. The van der Waals surface area contributed by atoms with Gasteiger partial charge in [0.1, 0.15) is 0 Å². The van der Waals surface area contributed by atoms with Gasteiger partial charge in [0, 0.05) is 12.5 Å². The Balaban J connectivity index is 1.35. The number of amides is 1.